The van der Waals surface area contributed by atoms with E-state index in [9.17, 15) is 9.18 Å². The number of halogens is 1. The molecular formula is C18H19FN2O2. The zero-order chi connectivity index (χ0) is 16.1. The molecule has 4 nitrogen and oxygen atoms in total. The predicted molar refractivity (Wildman–Crippen MR) is 88.2 cm³/mol. The minimum absolute atomic E-state index is 0.156. The maximum Gasteiger partial charge on any atom is 0.228 e. The average molecular weight is 314 g/mol. The van der Waals surface area contributed by atoms with E-state index in [-0.39, 0.29) is 18.1 Å². The van der Waals surface area contributed by atoms with E-state index in [1.807, 2.05) is 30.3 Å². The molecule has 23 heavy (non-hydrogen) atoms. The number of amides is 1. The molecule has 0 saturated carbocycles. The van der Waals surface area contributed by atoms with Crippen molar-refractivity contribution in [3.8, 4) is 0 Å². The molecular weight excluding hydrogens is 295 g/mol. The van der Waals surface area contributed by atoms with E-state index < -0.39 is 0 Å². The lowest BCUT2D eigenvalue weighted by atomic mass is 10.1. The lowest BCUT2D eigenvalue weighted by Gasteiger charge is -2.30. The number of carbonyl (C=O) groups is 1. The number of carbonyl (C=O) groups excluding carboxylic acids is 1. The first-order valence-corrected chi connectivity index (χ1v) is 7.68. The van der Waals surface area contributed by atoms with Crippen molar-refractivity contribution in [1.29, 1.82) is 0 Å². The highest BCUT2D eigenvalue weighted by molar-refractivity contribution is 5.95. The van der Waals surface area contributed by atoms with Gasteiger partial charge in [-0.2, -0.15) is 0 Å². The van der Waals surface area contributed by atoms with Gasteiger partial charge in [0, 0.05) is 13.1 Å². The normalized spacial score (nSPS) is 14.6. The summed E-state index contributed by atoms with van der Waals surface area (Å²) in [5, 5.41) is 2.84. The topological polar surface area (TPSA) is 41.6 Å². The van der Waals surface area contributed by atoms with Crippen LogP contribution in [-0.4, -0.2) is 32.2 Å². The summed E-state index contributed by atoms with van der Waals surface area (Å²) in [5.41, 5.74) is 2.26. The number of hydrogen-bond donors (Lipinski definition) is 1. The summed E-state index contributed by atoms with van der Waals surface area (Å²) >= 11 is 0. The van der Waals surface area contributed by atoms with Crippen LogP contribution in [0, 0.1) is 5.82 Å². The zero-order valence-corrected chi connectivity index (χ0v) is 12.8. The first kappa shape index (κ1) is 15.5. The Hall–Kier alpha value is -2.40. The summed E-state index contributed by atoms with van der Waals surface area (Å²) in [4.78, 5) is 14.3. The standard InChI is InChI=1S/C18H19FN2O2/c19-15-6-7-17(21-8-10-23-11-9-21)16(13-15)20-18(22)12-14-4-2-1-3-5-14/h1-7,13H,8-12H2,(H,20,22). The highest BCUT2D eigenvalue weighted by atomic mass is 19.1. The number of benzene rings is 2. The quantitative estimate of drug-likeness (QED) is 0.943. The molecule has 1 fully saturated rings. The van der Waals surface area contributed by atoms with E-state index in [4.69, 9.17) is 4.74 Å². The van der Waals surface area contributed by atoms with Gasteiger partial charge in [0.05, 0.1) is 31.0 Å². The van der Waals surface area contributed by atoms with Crippen molar-refractivity contribution < 1.29 is 13.9 Å². The highest BCUT2D eigenvalue weighted by Gasteiger charge is 2.17. The van der Waals surface area contributed by atoms with Crippen LogP contribution < -0.4 is 10.2 Å². The molecule has 5 heteroatoms. The van der Waals surface area contributed by atoms with Gasteiger partial charge in [-0.15, -0.1) is 0 Å². The van der Waals surface area contributed by atoms with Crippen LogP contribution in [0.15, 0.2) is 48.5 Å². The van der Waals surface area contributed by atoms with Crippen LogP contribution in [0.1, 0.15) is 5.56 Å². The molecule has 1 N–H and O–H groups in total. The van der Waals surface area contributed by atoms with Gasteiger partial charge in [-0.25, -0.2) is 4.39 Å². The van der Waals surface area contributed by atoms with Crippen molar-refractivity contribution in [2.24, 2.45) is 0 Å². The smallest absolute Gasteiger partial charge is 0.228 e. The fraction of sp³-hybridized carbons (Fsp3) is 0.278. The molecule has 0 aromatic heterocycles. The SMILES string of the molecule is O=C(Cc1ccccc1)Nc1cc(F)ccc1N1CCOCC1. The summed E-state index contributed by atoms with van der Waals surface area (Å²) in [6.07, 6.45) is 0.264. The molecule has 3 rings (SSSR count). The lowest BCUT2D eigenvalue weighted by molar-refractivity contribution is -0.115. The summed E-state index contributed by atoms with van der Waals surface area (Å²) in [7, 11) is 0. The van der Waals surface area contributed by atoms with Crippen LogP contribution in [-0.2, 0) is 16.0 Å². The van der Waals surface area contributed by atoms with Crippen molar-refractivity contribution in [2.45, 2.75) is 6.42 Å². The largest absolute Gasteiger partial charge is 0.378 e. The minimum atomic E-state index is -0.364. The number of hydrogen-bond acceptors (Lipinski definition) is 3. The molecule has 0 atom stereocenters. The van der Waals surface area contributed by atoms with Crippen molar-refractivity contribution in [3.63, 3.8) is 0 Å². The van der Waals surface area contributed by atoms with E-state index in [2.05, 4.69) is 10.2 Å². The van der Waals surface area contributed by atoms with Crippen LogP contribution >= 0.6 is 0 Å². The van der Waals surface area contributed by atoms with Gasteiger partial charge in [0.2, 0.25) is 5.91 Å². The van der Waals surface area contributed by atoms with Crippen LogP contribution in [0.25, 0.3) is 0 Å². The third-order valence-corrected chi connectivity index (χ3v) is 3.79. The summed E-state index contributed by atoms with van der Waals surface area (Å²) in [6.45, 7) is 2.73. The van der Waals surface area contributed by atoms with E-state index >= 15 is 0 Å². The average Bonchev–Trinajstić information content (AvgIpc) is 2.56. The van der Waals surface area contributed by atoms with Crippen LogP contribution in [0.5, 0.6) is 0 Å². The van der Waals surface area contributed by atoms with Crippen molar-refractivity contribution in [2.75, 3.05) is 36.5 Å². The molecule has 120 valence electrons. The second kappa shape index (κ2) is 7.24. The molecule has 2 aromatic rings. The molecule has 1 amide bonds. The van der Waals surface area contributed by atoms with Gasteiger partial charge < -0.3 is 15.0 Å². The van der Waals surface area contributed by atoms with Crippen LogP contribution in [0.2, 0.25) is 0 Å². The van der Waals surface area contributed by atoms with Crippen molar-refractivity contribution >= 4 is 17.3 Å². The third-order valence-electron chi connectivity index (χ3n) is 3.79. The highest BCUT2D eigenvalue weighted by Crippen LogP contribution is 2.27. The second-order valence-corrected chi connectivity index (χ2v) is 5.47. The Kier molecular flexibility index (Phi) is 4.88. The fourth-order valence-corrected chi connectivity index (χ4v) is 2.66. The van der Waals surface area contributed by atoms with Crippen LogP contribution in [0.4, 0.5) is 15.8 Å². The Morgan fingerprint density at radius 1 is 1.13 bits per heavy atom. The van der Waals surface area contributed by atoms with Gasteiger partial charge in [0.1, 0.15) is 5.82 Å². The number of ether oxygens (including phenoxy) is 1. The molecule has 0 unspecified atom stereocenters. The molecule has 0 bridgehead atoms. The molecule has 1 aliphatic heterocycles. The number of nitrogens with zero attached hydrogens (tertiary/aromatic N) is 1. The second-order valence-electron chi connectivity index (χ2n) is 5.47. The Labute approximate surface area is 134 Å². The zero-order valence-electron chi connectivity index (χ0n) is 12.8. The van der Waals surface area contributed by atoms with Gasteiger partial charge >= 0.3 is 0 Å². The van der Waals surface area contributed by atoms with E-state index in [1.54, 1.807) is 6.07 Å². The Morgan fingerprint density at radius 2 is 1.87 bits per heavy atom. The number of morpholine rings is 1. The maximum absolute atomic E-state index is 13.6. The van der Waals surface area contributed by atoms with Crippen LogP contribution in [0.3, 0.4) is 0 Å². The monoisotopic (exact) mass is 314 g/mol. The van der Waals surface area contributed by atoms with E-state index in [1.165, 1.54) is 12.1 Å². The van der Waals surface area contributed by atoms with E-state index in [0.717, 1.165) is 24.3 Å². The summed E-state index contributed by atoms with van der Waals surface area (Å²) in [5.74, 6) is -0.520. The fourth-order valence-electron chi connectivity index (χ4n) is 2.66. The molecule has 0 radical (unpaired) electrons. The van der Waals surface area contributed by atoms with E-state index in [0.29, 0.717) is 18.9 Å². The molecule has 2 aromatic carbocycles. The summed E-state index contributed by atoms with van der Waals surface area (Å²) in [6, 6.07) is 14.0. The molecule has 0 spiro atoms. The number of nitrogens with one attached hydrogen (secondary N) is 1. The first-order valence-electron chi connectivity index (χ1n) is 7.68. The molecule has 1 aliphatic rings. The molecule has 1 saturated heterocycles. The number of anilines is 2. The Bertz CT molecular complexity index is 670. The lowest BCUT2D eigenvalue weighted by Crippen LogP contribution is -2.36. The van der Waals surface area contributed by atoms with Gasteiger partial charge in [-0.3, -0.25) is 4.79 Å². The first-order chi connectivity index (χ1) is 11.2. The molecule has 0 aliphatic carbocycles. The predicted octanol–water partition coefficient (Wildman–Crippen LogP) is 2.84. The minimum Gasteiger partial charge on any atom is -0.378 e. The molecule has 1 heterocycles. The Morgan fingerprint density at radius 3 is 2.61 bits per heavy atom. The van der Waals surface area contributed by atoms with Crippen molar-refractivity contribution in [1.82, 2.24) is 0 Å². The number of rotatable bonds is 4. The van der Waals surface area contributed by atoms with Gasteiger partial charge in [0.25, 0.3) is 0 Å². The van der Waals surface area contributed by atoms with Crippen molar-refractivity contribution in [3.05, 3.63) is 59.9 Å². The van der Waals surface area contributed by atoms with Gasteiger partial charge in [-0.05, 0) is 23.8 Å². The summed E-state index contributed by atoms with van der Waals surface area (Å²) < 4.78 is 18.9. The third kappa shape index (κ3) is 4.07. The maximum atomic E-state index is 13.6. The Balaban J connectivity index is 1.75. The van der Waals surface area contributed by atoms with Gasteiger partial charge in [-0.1, -0.05) is 30.3 Å². The van der Waals surface area contributed by atoms with Gasteiger partial charge in [0.15, 0.2) is 0 Å².